The minimum absolute atomic E-state index is 0.167. The summed E-state index contributed by atoms with van der Waals surface area (Å²) >= 11 is 0. The van der Waals surface area contributed by atoms with E-state index in [0.717, 1.165) is 32.1 Å². The molecule has 0 aromatic heterocycles. The van der Waals surface area contributed by atoms with Gasteiger partial charge in [0.05, 0.1) is 0 Å². The normalized spacial score (nSPS) is 11.8. The lowest BCUT2D eigenvalue weighted by molar-refractivity contribution is -0.115. The summed E-state index contributed by atoms with van der Waals surface area (Å²) in [6, 6.07) is 0. The third-order valence-electron chi connectivity index (χ3n) is 2.95. The Labute approximate surface area is 118 Å². The Morgan fingerprint density at radius 3 is 2.00 bits per heavy atom. The van der Waals surface area contributed by atoms with Crippen LogP contribution < -0.4 is 0 Å². The number of Topliss-reactive ketones (excluding diaryl/α,β-unsaturated/α-hetero) is 1. The lowest BCUT2D eigenvalue weighted by Gasteiger charge is -1.99. The zero-order valence-electron chi connectivity index (χ0n) is 12.8. The molecular weight excluding hydrogens is 232 g/mol. The second kappa shape index (κ2) is 10.5. The van der Waals surface area contributed by atoms with Crippen molar-refractivity contribution in [2.45, 2.75) is 59.3 Å². The lowest BCUT2D eigenvalue weighted by Crippen LogP contribution is -1.96. The van der Waals surface area contributed by atoms with Gasteiger partial charge in [0, 0.05) is 6.42 Å². The molecule has 0 aromatic rings. The Bertz CT molecular complexity index is 369. The van der Waals surface area contributed by atoms with E-state index in [2.05, 4.69) is 45.2 Å². The van der Waals surface area contributed by atoms with E-state index < -0.39 is 0 Å². The highest BCUT2D eigenvalue weighted by Crippen LogP contribution is 2.10. The standard InChI is InChI=1S/C18H28O/c1-15(2)11-10-13-17(5)12-8-6-7-9-14-18(19)16(3)4/h6-7,13H,1,3,8-12,14H2,2,4-5H3/b7-6+,17-13-. The summed E-state index contributed by atoms with van der Waals surface area (Å²) in [5.41, 5.74) is 3.33. The van der Waals surface area contributed by atoms with Crippen LogP contribution in [0, 0.1) is 0 Å². The minimum atomic E-state index is 0.167. The first-order valence-electron chi connectivity index (χ1n) is 7.07. The zero-order valence-corrected chi connectivity index (χ0v) is 12.8. The first kappa shape index (κ1) is 17.6. The second-order valence-corrected chi connectivity index (χ2v) is 5.30. The van der Waals surface area contributed by atoms with Gasteiger partial charge in [-0.25, -0.2) is 0 Å². The molecule has 0 radical (unpaired) electrons. The molecule has 0 heterocycles. The van der Waals surface area contributed by atoms with Crippen molar-refractivity contribution >= 4 is 5.78 Å². The summed E-state index contributed by atoms with van der Waals surface area (Å²) in [4.78, 5) is 11.3. The summed E-state index contributed by atoms with van der Waals surface area (Å²) in [6.07, 6.45) is 12.3. The quantitative estimate of drug-likeness (QED) is 0.372. The van der Waals surface area contributed by atoms with Crippen molar-refractivity contribution in [3.63, 3.8) is 0 Å². The highest BCUT2D eigenvalue weighted by Gasteiger charge is 1.98. The molecule has 1 nitrogen and oxygen atoms in total. The number of hydrogen-bond acceptors (Lipinski definition) is 1. The van der Waals surface area contributed by atoms with Gasteiger partial charge in [0.1, 0.15) is 0 Å². The molecule has 0 rings (SSSR count). The largest absolute Gasteiger partial charge is 0.295 e. The molecule has 0 bridgehead atoms. The van der Waals surface area contributed by atoms with Crippen LogP contribution in [0.4, 0.5) is 0 Å². The minimum Gasteiger partial charge on any atom is -0.295 e. The van der Waals surface area contributed by atoms with E-state index in [4.69, 9.17) is 0 Å². The van der Waals surface area contributed by atoms with Crippen LogP contribution >= 0.6 is 0 Å². The van der Waals surface area contributed by atoms with Crippen molar-refractivity contribution in [1.82, 2.24) is 0 Å². The Balaban J connectivity index is 3.69. The van der Waals surface area contributed by atoms with Crippen LogP contribution in [0.3, 0.4) is 0 Å². The number of ketones is 1. The highest BCUT2D eigenvalue weighted by molar-refractivity contribution is 5.94. The van der Waals surface area contributed by atoms with Crippen LogP contribution in [-0.2, 0) is 4.79 Å². The van der Waals surface area contributed by atoms with Gasteiger partial charge < -0.3 is 0 Å². The van der Waals surface area contributed by atoms with Crippen molar-refractivity contribution in [2.75, 3.05) is 0 Å². The lowest BCUT2D eigenvalue weighted by atomic mass is 10.1. The first-order valence-corrected chi connectivity index (χ1v) is 7.07. The number of carbonyl (C=O) groups is 1. The molecule has 106 valence electrons. The molecule has 0 N–H and O–H groups in total. The SMILES string of the molecule is C=C(C)CC/C=C(/C)CC/C=C/CCC(=O)C(=C)C. The Hall–Kier alpha value is -1.37. The topological polar surface area (TPSA) is 17.1 Å². The molecule has 0 aliphatic rings. The molecule has 0 saturated heterocycles. The molecule has 0 aliphatic heterocycles. The molecule has 0 spiro atoms. The van der Waals surface area contributed by atoms with Gasteiger partial charge in [-0.15, -0.1) is 6.58 Å². The summed E-state index contributed by atoms with van der Waals surface area (Å²) in [5, 5.41) is 0. The molecular formula is C18H28O. The van der Waals surface area contributed by atoms with E-state index in [0.29, 0.717) is 12.0 Å². The first-order chi connectivity index (χ1) is 8.93. The Kier molecular flexibility index (Phi) is 9.78. The van der Waals surface area contributed by atoms with Crippen LogP contribution in [0.15, 0.2) is 48.1 Å². The van der Waals surface area contributed by atoms with E-state index >= 15 is 0 Å². The third-order valence-corrected chi connectivity index (χ3v) is 2.95. The van der Waals surface area contributed by atoms with Gasteiger partial charge in [0.15, 0.2) is 5.78 Å². The molecule has 19 heavy (non-hydrogen) atoms. The van der Waals surface area contributed by atoms with Crippen molar-refractivity contribution in [2.24, 2.45) is 0 Å². The maximum atomic E-state index is 11.3. The predicted molar refractivity (Wildman–Crippen MR) is 85.2 cm³/mol. The molecule has 0 amide bonds. The molecule has 0 fully saturated rings. The number of rotatable bonds is 10. The third kappa shape index (κ3) is 11.5. The van der Waals surface area contributed by atoms with Crippen LogP contribution in [0.25, 0.3) is 0 Å². The van der Waals surface area contributed by atoms with Gasteiger partial charge in [-0.05, 0) is 58.4 Å². The Morgan fingerprint density at radius 2 is 1.47 bits per heavy atom. The van der Waals surface area contributed by atoms with E-state index in [1.807, 2.05) is 0 Å². The fourth-order valence-electron chi connectivity index (χ4n) is 1.64. The van der Waals surface area contributed by atoms with E-state index in [9.17, 15) is 4.79 Å². The molecule has 0 saturated carbocycles. The molecule has 1 heteroatoms. The van der Waals surface area contributed by atoms with Crippen molar-refractivity contribution < 1.29 is 4.79 Å². The Morgan fingerprint density at radius 1 is 0.895 bits per heavy atom. The fourth-order valence-corrected chi connectivity index (χ4v) is 1.64. The average molecular weight is 260 g/mol. The van der Waals surface area contributed by atoms with E-state index in [-0.39, 0.29) is 5.78 Å². The van der Waals surface area contributed by atoms with Crippen LogP contribution in [0.1, 0.15) is 59.3 Å². The van der Waals surface area contributed by atoms with Gasteiger partial charge >= 0.3 is 0 Å². The maximum Gasteiger partial charge on any atom is 0.158 e. The van der Waals surface area contributed by atoms with E-state index in [1.165, 1.54) is 11.1 Å². The van der Waals surface area contributed by atoms with Crippen molar-refractivity contribution in [3.8, 4) is 0 Å². The maximum absolute atomic E-state index is 11.3. The highest BCUT2D eigenvalue weighted by atomic mass is 16.1. The summed E-state index contributed by atoms with van der Waals surface area (Å²) < 4.78 is 0. The zero-order chi connectivity index (χ0) is 14.7. The predicted octanol–water partition coefficient (Wildman–Crippen LogP) is 5.55. The smallest absolute Gasteiger partial charge is 0.158 e. The monoisotopic (exact) mass is 260 g/mol. The van der Waals surface area contributed by atoms with Gasteiger partial charge in [-0.2, -0.15) is 0 Å². The number of carbonyl (C=O) groups excluding carboxylic acids is 1. The molecule has 0 aliphatic carbocycles. The van der Waals surface area contributed by atoms with Crippen molar-refractivity contribution in [3.05, 3.63) is 48.1 Å². The van der Waals surface area contributed by atoms with Gasteiger partial charge in [0.2, 0.25) is 0 Å². The van der Waals surface area contributed by atoms with Gasteiger partial charge in [-0.1, -0.05) is 36.0 Å². The van der Waals surface area contributed by atoms with Gasteiger partial charge in [0.25, 0.3) is 0 Å². The summed E-state index contributed by atoms with van der Waals surface area (Å²) in [7, 11) is 0. The van der Waals surface area contributed by atoms with Gasteiger partial charge in [-0.3, -0.25) is 4.79 Å². The second-order valence-electron chi connectivity index (χ2n) is 5.30. The van der Waals surface area contributed by atoms with Crippen LogP contribution in [0.5, 0.6) is 0 Å². The van der Waals surface area contributed by atoms with Crippen LogP contribution in [0.2, 0.25) is 0 Å². The fraction of sp³-hybridized carbons (Fsp3) is 0.500. The van der Waals surface area contributed by atoms with E-state index in [1.54, 1.807) is 6.92 Å². The molecule has 0 atom stereocenters. The molecule has 0 aromatic carbocycles. The number of hydrogen-bond donors (Lipinski definition) is 0. The summed E-state index contributed by atoms with van der Waals surface area (Å²) in [6.45, 7) is 13.6. The number of allylic oxidation sites excluding steroid dienone is 6. The average Bonchev–Trinajstić information content (AvgIpc) is 2.32. The molecule has 0 unspecified atom stereocenters. The summed E-state index contributed by atoms with van der Waals surface area (Å²) in [5.74, 6) is 0.167. The van der Waals surface area contributed by atoms with Crippen LogP contribution in [-0.4, -0.2) is 5.78 Å². The van der Waals surface area contributed by atoms with Crippen molar-refractivity contribution in [1.29, 1.82) is 0 Å².